The largest absolute Gasteiger partial charge is 0.383 e. The molecule has 126 valence electrons. The lowest BCUT2D eigenvalue weighted by Gasteiger charge is -2.47. The molecule has 0 radical (unpaired) electrons. The van der Waals surface area contributed by atoms with Crippen LogP contribution in [0, 0.1) is 5.92 Å². The van der Waals surface area contributed by atoms with E-state index in [1.807, 2.05) is 0 Å². The number of piperidine rings is 1. The summed E-state index contributed by atoms with van der Waals surface area (Å²) in [6.45, 7) is 6.44. The predicted octanol–water partition coefficient (Wildman–Crippen LogP) is 0.361. The Morgan fingerprint density at radius 1 is 1.18 bits per heavy atom. The monoisotopic (exact) mass is 312 g/mol. The minimum Gasteiger partial charge on any atom is -0.383 e. The molecule has 6 nitrogen and oxygen atoms in total. The second-order valence-electron chi connectivity index (χ2n) is 6.46. The third-order valence-corrected chi connectivity index (χ3v) is 5.16. The lowest BCUT2D eigenvalue weighted by Crippen LogP contribution is -2.61. The van der Waals surface area contributed by atoms with Gasteiger partial charge < -0.3 is 19.1 Å². The fraction of sp³-hybridized carbons (Fsp3) is 0.938. The molecule has 0 bridgehead atoms. The van der Waals surface area contributed by atoms with Crippen molar-refractivity contribution in [1.82, 2.24) is 9.80 Å². The van der Waals surface area contributed by atoms with E-state index in [0.29, 0.717) is 11.9 Å². The molecule has 0 aromatic heterocycles. The van der Waals surface area contributed by atoms with Crippen LogP contribution < -0.4 is 0 Å². The molecule has 22 heavy (non-hydrogen) atoms. The van der Waals surface area contributed by atoms with Crippen molar-refractivity contribution in [1.29, 1.82) is 0 Å². The van der Waals surface area contributed by atoms with Crippen LogP contribution in [0.3, 0.4) is 0 Å². The Morgan fingerprint density at radius 2 is 2.00 bits per heavy atom. The van der Waals surface area contributed by atoms with Gasteiger partial charge in [0.25, 0.3) is 0 Å². The topological polar surface area (TPSA) is 51.2 Å². The summed E-state index contributed by atoms with van der Waals surface area (Å²) in [4.78, 5) is 17.2. The van der Waals surface area contributed by atoms with E-state index < -0.39 is 0 Å². The zero-order chi connectivity index (χ0) is 15.4. The van der Waals surface area contributed by atoms with Crippen LogP contribution >= 0.6 is 0 Å². The summed E-state index contributed by atoms with van der Waals surface area (Å²) in [5, 5.41) is 0. The van der Waals surface area contributed by atoms with Gasteiger partial charge in [0.15, 0.2) is 0 Å². The highest BCUT2D eigenvalue weighted by Gasteiger charge is 2.39. The van der Waals surface area contributed by atoms with Gasteiger partial charge in [-0.2, -0.15) is 0 Å². The summed E-state index contributed by atoms with van der Waals surface area (Å²) in [7, 11) is 1.74. The van der Waals surface area contributed by atoms with Crippen LogP contribution in [-0.2, 0) is 19.0 Å². The minimum atomic E-state index is 0.155. The molecule has 0 spiro atoms. The molecule has 3 saturated heterocycles. The SMILES string of the molecule is COCCN1CCO[C@@H]2CCN(C(=O)C3CCOCC3)C[C@H]21. The van der Waals surface area contributed by atoms with Gasteiger partial charge in [-0.05, 0) is 19.3 Å². The Hall–Kier alpha value is -0.690. The van der Waals surface area contributed by atoms with E-state index in [1.165, 1.54) is 0 Å². The number of amides is 1. The molecule has 3 heterocycles. The van der Waals surface area contributed by atoms with Gasteiger partial charge in [-0.25, -0.2) is 0 Å². The number of carbonyl (C=O) groups is 1. The highest BCUT2D eigenvalue weighted by molar-refractivity contribution is 5.79. The van der Waals surface area contributed by atoms with Gasteiger partial charge in [-0.15, -0.1) is 0 Å². The van der Waals surface area contributed by atoms with Crippen molar-refractivity contribution in [2.24, 2.45) is 5.92 Å². The second-order valence-corrected chi connectivity index (χ2v) is 6.46. The first-order chi connectivity index (χ1) is 10.8. The maximum absolute atomic E-state index is 12.7. The normalized spacial score (nSPS) is 31.0. The molecular formula is C16H28N2O4. The maximum atomic E-state index is 12.7. The molecule has 0 saturated carbocycles. The molecule has 0 aromatic rings. The highest BCUT2D eigenvalue weighted by atomic mass is 16.5. The van der Waals surface area contributed by atoms with Crippen LogP contribution in [0.25, 0.3) is 0 Å². The fourth-order valence-electron chi connectivity index (χ4n) is 3.83. The smallest absolute Gasteiger partial charge is 0.225 e. The number of fused-ring (bicyclic) bond motifs is 1. The van der Waals surface area contributed by atoms with Crippen LogP contribution in [0.4, 0.5) is 0 Å². The average Bonchev–Trinajstić information content (AvgIpc) is 2.59. The Balaban J connectivity index is 1.59. The molecule has 3 fully saturated rings. The molecule has 6 heteroatoms. The Kier molecular flexibility index (Phi) is 5.68. The van der Waals surface area contributed by atoms with E-state index in [2.05, 4.69) is 9.80 Å². The first kappa shape index (κ1) is 16.2. The summed E-state index contributed by atoms with van der Waals surface area (Å²) in [6.07, 6.45) is 2.95. The zero-order valence-corrected chi connectivity index (χ0v) is 13.5. The molecule has 0 unspecified atom stereocenters. The van der Waals surface area contributed by atoms with Crippen molar-refractivity contribution >= 4 is 5.91 Å². The van der Waals surface area contributed by atoms with Crippen molar-refractivity contribution in [2.45, 2.75) is 31.4 Å². The van der Waals surface area contributed by atoms with E-state index >= 15 is 0 Å². The van der Waals surface area contributed by atoms with Gasteiger partial charge in [0.05, 0.1) is 25.4 Å². The lowest BCUT2D eigenvalue weighted by atomic mass is 9.94. The average molecular weight is 312 g/mol. The fourth-order valence-corrected chi connectivity index (χ4v) is 3.83. The van der Waals surface area contributed by atoms with Gasteiger partial charge in [0, 0.05) is 52.4 Å². The van der Waals surface area contributed by atoms with Crippen molar-refractivity contribution in [2.75, 3.05) is 59.7 Å². The number of hydrogen-bond donors (Lipinski definition) is 0. The third-order valence-electron chi connectivity index (χ3n) is 5.16. The first-order valence-corrected chi connectivity index (χ1v) is 8.50. The van der Waals surface area contributed by atoms with E-state index in [0.717, 1.165) is 71.9 Å². The second kappa shape index (κ2) is 7.73. The van der Waals surface area contributed by atoms with E-state index in [1.54, 1.807) is 7.11 Å². The maximum Gasteiger partial charge on any atom is 0.225 e. The molecule has 3 aliphatic heterocycles. The molecule has 3 aliphatic rings. The molecule has 2 atom stereocenters. The number of likely N-dealkylation sites (tertiary alicyclic amines) is 1. The Labute approximate surface area is 132 Å². The number of ether oxygens (including phenoxy) is 3. The summed E-state index contributed by atoms with van der Waals surface area (Å²) < 4.78 is 16.5. The van der Waals surface area contributed by atoms with Crippen LogP contribution in [0.15, 0.2) is 0 Å². The third kappa shape index (κ3) is 3.62. The number of hydrogen-bond acceptors (Lipinski definition) is 5. The quantitative estimate of drug-likeness (QED) is 0.750. The minimum absolute atomic E-state index is 0.155. The summed E-state index contributed by atoms with van der Waals surface area (Å²) >= 11 is 0. The molecule has 0 N–H and O–H groups in total. The van der Waals surface area contributed by atoms with Crippen LogP contribution in [0.2, 0.25) is 0 Å². The van der Waals surface area contributed by atoms with Gasteiger partial charge in [-0.1, -0.05) is 0 Å². The van der Waals surface area contributed by atoms with Crippen LogP contribution in [-0.4, -0.2) is 87.6 Å². The summed E-state index contributed by atoms with van der Waals surface area (Å²) in [5.41, 5.74) is 0. The first-order valence-electron chi connectivity index (χ1n) is 8.50. The van der Waals surface area contributed by atoms with Crippen molar-refractivity contribution in [3.8, 4) is 0 Å². The molecule has 0 aliphatic carbocycles. The van der Waals surface area contributed by atoms with Gasteiger partial charge in [0.2, 0.25) is 5.91 Å². The number of rotatable bonds is 4. The molecular weight excluding hydrogens is 284 g/mol. The van der Waals surface area contributed by atoms with E-state index in [9.17, 15) is 4.79 Å². The molecule has 1 amide bonds. The van der Waals surface area contributed by atoms with Crippen molar-refractivity contribution in [3.63, 3.8) is 0 Å². The Morgan fingerprint density at radius 3 is 2.77 bits per heavy atom. The summed E-state index contributed by atoms with van der Waals surface area (Å²) in [6, 6.07) is 0.321. The zero-order valence-electron chi connectivity index (χ0n) is 13.5. The molecule has 3 rings (SSSR count). The Bertz CT molecular complexity index is 373. The van der Waals surface area contributed by atoms with Crippen LogP contribution in [0.1, 0.15) is 19.3 Å². The van der Waals surface area contributed by atoms with E-state index in [-0.39, 0.29) is 12.0 Å². The standard InChI is InChI=1S/C16H28N2O4/c1-20-10-6-17-7-11-22-15-2-5-18(12-14(15)17)16(19)13-3-8-21-9-4-13/h13-15H,2-12H2,1H3/t14-,15-/m1/s1. The van der Waals surface area contributed by atoms with Crippen molar-refractivity contribution in [3.05, 3.63) is 0 Å². The highest BCUT2D eigenvalue weighted by Crippen LogP contribution is 2.26. The predicted molar refractivity (Wildman–Crippen MR) is 81.7 cm³/mol. The molecule has 0 aromatic carbocycles. The van der Waals surface area contributed by atoms with Crippen LogP contribution in [0.5, 0.6) is 0 Å². The number of nitrogens with zero attached hydrogens (tertiary/aromatic N) is 2. The van der Waals surface area contributed by atoms with Gasteiger partial charge in [0.1, 0.15) is 0 Å². The van der Waals surface area contributed by atoms with E-state index in [4.69, 9.17) is 14.2 Å². The van der Waals surface area contributed by atoms with Gasteiger partial charge in [-0.3, -0.25) is 9.69 Å². The number of methoxy groups -OCH3 is 1. The van der Waals surface area contributed by atoms with Crippen molar-refractivity contribution < 1.29 is 19.0 Å². The number of carbonyl (C=O) groups excluding carboxylic acids is 1. The lowest BCUT2D eigenvalue weighted by molar-refractivity contribution is -0.149. The number of morpholine rings is 1. The summed E-state index contributed by atoms with van der Waals surface area (Å²) in [5.74, 6) is 0.473. The van der Waals surface area contributed by atoms with Gasteiger partial charge >= 0.3 is 0 Å².